The Morgan fingerprint density at radius 2 is 2.33 bits per heavy atom. The molecule has 0 aromatic rings. The van der Waals surface area contributed by atoms with E-state index in [0.29, 0.717) is 0 Å². The van der Waals surface area contributed by atoms with Crippen molar-refractivity contribution in [2.75, 3.05) is 0 Å². The molecule has 0 radical (unpaired) electrons. The summed E-state index contributed by atoms with van der Waals surface area (Å²) >= 11 is 3.30. The smallest absolute Gasteiger partial charge is 0.0979 e. The van der Waals surface area contributed by atoms with Gasteiger partial charge in [-0.2, -0.15) is 0 Å². The van der Waals surface area contributed by atoms with Gasteiger partial charge in [0.1, 0.15) is 7.85 Å². The Morgan fingerprint density at radius 1 is 1.67 bits per heavy atom. The third kappa shape index (κ3) is 5.64. The van der Waals surface area contributed by atoms with Crippen LogP contribution in [0.2, 0.25) is 6.32 Å². The van der Waals surface area contributed by atoms with Crippen LogP contribution >= 0.6 is 15.9 Å². The summed E-state index contributed by atoms with van der Waals surface area (Å²) in [7, 11) is 2.10. The molecule has 0 saturated heterocycles. The zero-order valence-corrected chi connectivity index (χ0v) is 7.19. The first-order chi connectivity index (χ1) is 4.31. The molecule has 0 amide bonds. The third-order valence-corrected chi connectivity index (χ3v) is 1.41. The van der Waals surface area contributed by atoms with Crippen molar-refractivity contribution in [3.8, 4) is 0 Å². The van der Waals surface area contributed by atoms with Gasteiger partial charge in [0.15, 0.2) is 0 Å². The zero-order chi connectivity index (χ0) is 7.11. The summed E-state index contributed by atoms with van der Waals surface area (Å²) in [5.41, 5.74) is 0. The second-order valence-electron chi connectivity index (χ2n) is 1.59. The number of allylic oxidation sites excluding steroid dienone is 5. The number of hydrogen-bond acceptors (Lipinski definition) is 0. The van der Waals surface area contributed by atoms with Crippen molar-refractivity contribution >= 4 is 23.8 Å². The van der Waals surface area contributed by atoms with E-state index in [-0.39, 0.29) is 0 Å². The van der Waals surface area contributed by atoms with E-state index < -0.39 is 0 Å². The van der Waals surface area contributed by atoms with Crippen LogP contribution in [-0.4, -0.2) is 7.85 Å². The van der Waals surface area contributed by atoms with Crippen molar-refractivity contribution in [3.63, 3.8) is 0 Å². The highest BCUT2D eigenvalue weighted by Crippen LogP contribution is 2.04. The average molecular weight is 185 g/mol. The molecule has 2 heteroatoms. The van der Waals surface area contributed by atoms with Crippen molar-refractivity contribution in [2.45, 2.75) is 6.32 Å². The maximum absolute atomic E-state index is 3.59. The van der Waals surface area contributed by atoms with Crippen LogP contribution in [-0.2, 0) is 0 Å². The Bertz CT molecular complexity index is 136. The van der Waals surface area contributed by atoms with Gasteiger partial charge in [-0.25, -0.2) is 0 Å². The summed E-state index contributed by atoms with van der Waals surface area (Å²) in [6.45, 7) is 3.59. The lowest BCUT2D eigenvalue weighted by Crippen LogP contribution is -1.59. The van der Waals surface area contributed by atoms with Crippen molar-refractivity contribution < 1.29 is 0 Å². The van der Waals surface area contributed by atoms with Gasteiger partial charge in [0.05, 0.1) is 0 Å². The summed E-state index contributed by atoms with van der Waals surface area (Å²) in [5.74, 6) is 0. The fourth-order valence-electron chi connectivity index (χ4n) is 0.364. The maximum atomic E-state index is 3.59. The minimum Gasteiger partial charge on any atom is -0.0979 e. The Hall–Kier alpha value is -0.235. The summed E-state index contributed by atoms with van der Waals surface area (Å²) in [4.78, 5) is 0. The molecule has 0 nitrogen and oxygen atoms in total. The van der Waals surface area contributed by atoms with Gasteiger partial charge in [-0.05, 0) is 6.08 Å². The molecule has 0 spiro atoms. The molecular weight excluding hydrogens is 175 g/mol. The van der Waals surface area contributed by atoms with Gasteiger partial charge < -0.3 is 0 Å². The van der Waals surface area contributed by atoms with Crippen molar-refractivity contribution in [1.82, 2.24) is 0 Å². The molecular formula is C7H10BBr. The lowest BCUT2D eigenvalue weighted by Gasteiger charge is -1.80. The molecule has 0 heterocycles. The zero-order valence-electron chi connectivity index (χ0n) is 5.60. The molecule has 0 aromatic carbocycles. The monoisotopic (exact) mass is 184 g/mol. The van der Waals surface area contributed by atoms with Gasteiger partial charge >= 0.3 is 0 Å². The van der Waals surface area contributed by atoms with Crippen LogP contribution in [0.15, 0.2) is 35.4 Å². The van der Waals surface area contributed by atoms with Crippen molar-refractivity contribution in [1.29, 1.82) is 0 Å². The fraction of sp³-hybridized carbons (Fsp3) is 0.143. The Morgan fingerprint density at radius 3 is 2.78 bits per heavy atom. The maximum Gasteiger partial charge on any atom is 0.106 e. The minimum atomic E-state index is 1.02. The first kappa shape index (κ1) is 8.76. The molecule has 0 aliphatic heterocycles. The van der Waals surface area contributed by atoms with E-state index in [2.05, 4.69) is 36.4 Å². The van der Waals surface area contributed by atoms with Crippen LogP contribution in [0.25, 0.3) is 0 Å². The highest BCUT2D eigenvalue weighted by atomic mass is 79.9. The van der Waals surface area contributed by atoms with Crippen LogP contribution in [0.1, 0.15) is 0 Å². The van der Waals surface area contributed by atoms with E-state index in [1.54, 1.807) is 6.08 Å². The van der Waals surface area contributed by atoms with Gasteiger partial charge in [0.25, 0.3) is 0 Å². The second-order valence-corrected chi connectivity index (χ2v) is 2.51. The van der Waals surface area contributed by atoms with E-state index in [4.69, 9.17) is 0 Å². The summed E-state index contributed by atoms with van der Waals surface area (Å²) in [5, 5.41) is 0. The highest BCUT2D eigenvalue weighted by Gasteiger charge is 1.74. The lowest BCUT2D eigenvalue weighted by molar-refractivity contribution is 1.70. The van der Waals surface area contributed by atoms with Crippen molar-refractivity contribution in [2.24, 2.45) is 0 Å². The SMILES string of the molecule is BC/C=C\C=C(\Br)C=C. The summed E-state index contributed by atoms with van der Waals surface area (Å²) in [6, 6.07) is 0. The molecule has 0 aliphatic carbocycles. The van der Waals surface area contributed by atoms with Crippen LogP contribution in [0.5, 0.6) is 0 Å². The Kier molecular flexibility index (Phi) is 5.74. The quantitative estimate of drug-likeness (QED) is 0.466. The van der Waals surface area contributed by atoms with E-state index in [1.165, 1.54) is 0 Å². The molecule has 9 heavy (non-hydrogen) atoms. The number of halogens is 1. The topological polar surface area (TPSA) is 0 Å². The summed E-state index contributed by atoms with van der Waals surface area (Å²) < 4.78 is 1.02. The average Bonchev–Trinajstić information content (AvgIpc) is 1.89. The number of hydrogen-bond donors (Lipinski definition) is 0. The van der Waals surface area contributed by atoms with Gasteiger partial charge in [0.2, 0.25) is 0 Å². The van der Waals surface area contributed by atoms with Crippen molar-refractivity contribution in [3.05, 3.63) is 35.4 Å². The Balaban J connectivity index is 3.68. The Labute approximate surface area is 65.9 Å². The van der Waals surface area contributed by atoms with Gasteiger partial charge in [-0.1, -0.05) is 47.1 Å². The predicted molar refractivity (Wildman–Crippen MR) is 49.7 cm³/mol. The standard InChI is InChI=1S/C7H10BBr/c1-2-7(9)5-3-4-6-8/h2-5H,1,6,8H2/b4-3-,7-5+. The molecule has 0 fully saturated rings. The predicted octanol–water partition coefficient (Wildman–Crippen LogP) is 2.06. The lowest BCUT2D eigenvalue weighted by atomic mass is 10.1. The molecule has 0 saturated carbocycles. The van der Waals surface area contributed by atoms with Crippen LogP contribution in [0.3, 0.4) is 0 Å². The first-order valence-electron chi connectivity index (χ1n) is 2.96. The van der Waals surface area contributed by atoms with Crippen LogP contribution < -0.4 is 0 Å². The molecule has 0 atom stereocenters. The first-order valence-corrected chi connectivity index (χ1v) is 3.75. The van der Waals surface area contributed by atoms with Crippen LogP contribution in [0, 0.1) is 0 Å². The van der Waals surface area contributed by atoms with E-state index >= 15 is 0 Å². The molecule has 0 unspecified atom stereocenters. The highest BCUT2D eigenvalue weighted by molar-refractivity contribution is 9.11. The van der Waals surface area contributed by atoms with Gasteiger partial charge in [-0.15, -0.1) is 0 Å². The minimum absolute atomic E-state index is 1.02. The molecule has 48 valence electrons. The van der Waals surface area contributed by atoms with E-state index in [0.717, 1.165) is 10.8 Å². The van der Waals surface area contributed by atoms with Gasteiger partial charge in [0, 0.05) is 4.48 Å². The van der Waals surface area contributed by atoms with Gasteiger partial charge in [-0.3, -0.25) is 0 Å². The largest absolute Gasteiger partial charge is 0.106 e. The molecule has 0 aliphatic rings. The molecule has 0 rings (SSSR count). The summed E-state index contributed by atoms with van der Waals surface area (Å²) in [6.07, 6.45) is 8.90. The second kappa shape index (κ2) is 5.89. The molecule has 0 N–H and O–H groups in total. The van der Waals surface area contributed by atoms with E-state index in [1.807, 2.05) is 12.2 Å². The fourth-order valence-corrected chi connectivity index (χ4v) is 0.517. The van der Waals surface area contributed by atoms with E-state index in [9.17, 15) is 0 Å². The molecule has 0 bridgehead atoms. The number of rotatable bonds is 3. The molecule has 0 aromatic heterocycles. The normalized spacial score (nSPS) is 12.3. The van der Waals surface area contributed by atoms with Crippen LogP contribution in [0.4, 0.5) is 0 Å². The third-order valence-electron chi connectivity index (χ3n) is 0.822.